The maximum Gasteiger partial charge on any atom is 0.0597 e. The van der Waals surface area contributed by atoms with Gasteiger partial charge in [0.15, 0.2) is 0 Å². The summed E-state index contributed by atoms with van der Waals surface area (Å²) in [5.74, 6) is 0.665. The van der Waals surface area contributed by atoms with Gasteiger partial charge in [0, 0.05) is 38.3 Å². The summed E-state index contributed by atoms with van der Waals surface area (Å²) in [5.41, 5.74) is 2.71. The predicted octanol–water partition coefficient (Wildman–Crippen LogP) is 2.72. The number of aromatic nitrogens is 2. The van der Waals surface area contributed by atoms with Crippen molar-refractivity contribution >= 4 is 0 Å². The first-order valence-electron chi connectivity index (χ1n) is 8.39. The highest BCUT2D eigenvalue weighted by atomic mass is 15.3. The third-order valence-corrected chi connectivity index (χ3v) is 5.25. The monoisotopic (exact) mass is 292 g/mol. The minimum Gasteiger partial charge on any atom is -0.308 e. The van der Waals surface area contributed by atoms with E-state index in [1.807, 2.05) is 4.68 Å². The fourth-order valence-corrected chi connectivity index (χ4v) is 3.59. The molecule has 1 atom stereocenters. The Kier molecular flexibility index (Phi) is 5.10. The molecule has 0 bridgehead atoms. The second-order valence-corrected chi connectivity index (χ2v) is 6.99. The molecule has 1 fully saturated rings. The van der Waals surface area contributed by atoms with Crippen LogP contribution in [0.3, 0.4) is 0 Å². The third-order valence-electron chi connectivity index (χ3n) is 5.25. The standard InChI is InChI=1S/C17H32N4/c1-7-17(8-2)12-21(16(10-18-17)13(3)4)11-15-9-14(5)19-20(15)6/h9,13,16,18H,7-8,10-12H2,1-6H3. The van der Waals surface area contributed by atoms with E-state index in [9.17, 15) is 0 Å². The lowest BCUT2D eigenvalue weighted by Gasteiger charge is -2.49. The molecule has 0 saturated carbocycles. The maximum atomic E-state index is 4.50. The van der Waals surface area contributed by atoms with E-state index >= 15 is 0 Å². The van der Waals surface area contributed by atoms with E-state index in [1.54, 1.807) is 0 Å². The van der Waals surface area contributed by atoms with E-state index in [2.05, 4.69) is 63.0 Å². The van der Waals surface area contributed by atoms with E-state index in [0.29, 0.717) is 12.0 Å². The molecule has 1 saturated heterocycles. The lowest BCUT2D eigenvalue weighted by molar-refractivity contribution is 0.0425. The molecule has 1 aliphatic rings. The van der Waals surface area contributed by atoms with Crippen molar-refractivity contribution in [3.63, 3.8) is 0 Å². The number of nitrogens with zero attached hydrogens (tertiary/aromatic N) is 3. The number of hydrogen-bond donors (Lipinski definition) is 1. The van der Waals surface area contributed by atoms with Crippen molar-refractivity contribution in [2.75, 3.05) is 13.1 Å². The third kappa shape index (κ3) is 3.49. The minimum absolute atomic E-state index is 0.277. The fraction of sp³-hybridized carbons (Fsp3) is 0.824. The Hall–Kier alpha value is -0.870. The van der Waals surface area contributed by atoms with Crippen LogP contribution in [0.25, 0.3) is 0 Å². The summed E-state index contributed by atoms with van der Waals surface area (Å²) in [6.45, 7) is 14.6. The first-order valence-corrected chi connectivity index (χ1v) is 8.39. The van der Waals surface area contributed by atoms with Gasteiger partial charge in [0.1, 0.15) is 0 Å². The molecule has 2 rings (SSSR count). The molecule has 1 aliphatic heterocycles. The normalized spacial score (nSPS) is 22.9. The molecule has 0 aromatic carbocycles. The maximum absolute atomic E-state index is 4.50. The van der Waals surface area contributed by atoms with Gasteiger partial charge >= 0.3 is 0 Å². The summed E-state index contributed by atoms with van der Waals surface area (Å²) in [6.07, 6.45) is 2.38. The number of aryl methyl sites for hydroxylation is 2. The van der Waals surface area contributed by atoms with Gasteiger partial charge in [-0.05, 0) is 31.7 Å². The largest absolute Gasteiger partial charge is 0.308 e. The van der Waals surface area contributed by atoms with Crippen LogP contribution in [-0.2, 0) is 13.6 Å². The molecule has 1 N–H and O–H groups in total. The van der Waals surface area contributed by atoms with E-state index in [1.165, 1.54) is 18.5 Å². The van der Waals surface area contributed by atoms with E-state index in [4.69, 9.17) is 0 Å². The molecule has 1 aromatic heterocycles. The molecular weight excluding hydrogens is 260 g/mol. The van der Waals surface area contributed by atoms with Gasteiger partial charge in [-0.3, -0.25) is 9.58 Å². The highest BCUT2D eigenvalue weighted by Gasteiger charge is 2.37. The van der Waals surface area contributed by atoms with Crippen molar-refractivity contribution in [3.8, 4) is 0 Å². The Morgan fingerprint density at radius 1 is 1.38 bits per heavy atom. The summed E-state index contributed by atoms with van der Waals surface area (Å²) in [7, 11) is 2.06. The average Bonchev–Trinajstić information content (AvgIpc) is 2.76. The summed E-state index contributed by atoms with van der Waals surface area (Å²) in [4.78, 5) is 2.67. The van der Waals surface area contributed by atoms with Gasteiger partial charge in [-0.2, -0.15) is 5.10 Å². The van der Waals surface area contributed by atoms with Gasteiger partial charge in [-0.15, -0.1) is 0 Å². The van der Waals surface area contributed by atoms with Gasteiger partial charge < -0.3 is 5.32 Å². The van der Waals surface area contributed by atoms with Crippen molar-refractivity contribution in [2.45, 2.75) is 65.6 Å². The number of rotatable bonds is 5. The van der Waals surface area contributed by atoms with E-state index in [-0.39, 0.29) is 5.54 Å². The quantitative estimate of drug-likeness (QED) is 0.906. The van der Waals surface area contributed by atoms with Crippen LogP contribution in [-0.4, -0.2) is 39.4 Å². The van der Waals surface area contributed by atoms with Gasteiger partial charge in [0.25, 0.3) is 0 Å². The SMILES string of the molecule is CCC1(CC)CN(Cc2cc(C)nn2C)C(C(C)C)CN1. The molecular formula is C17H32N4. The van der Waals surface area contributed by atoms with Crippen molar-refractivity contribution < 1.29 is 0 Å². The zero-order valence-corrected chi connectivity index (χ0v) is 14.6. The zero-order valence-electron chi connectivity index (χ0n) is 14.6. The summed E-state index contributed by atoms with van der Waals surface area (Å²) < 4.78 is 2.04. The van der Waals surface area contributed by atoms with Crippen LogP contribution in [0.1, 0.15) is 51.9 Å². The molecule has 1 aromatic rings. The molecule has 120 valence electrons. The molecule has 2 heterocycles. The number of nitrogens with one attached hydrogen (secondary N) is 1. The van der Waals surface area contributed by atoms with Crippen LogP contribution < -0.4 is 5.32 Å². The smallest absolute Gasteiger partial charge is 0.0597 e. The lowest BCUT2D eigenvalue weighted by Crippen LogP contribution is -2.64. The molecule has 4 nitrogen and oxygen atoms in total. The van der Waals surface area contributed by atoms with Crippen LogP contribution in [0.4, 0.5) is 0 Å². The Balaban J connectivity index is 2.20. The van der Waals surface area contributed by atoms with Crippen molar-refractivity contribution in [2.24, 2.45) is 13.0 Å². The fourth-order valence-electron chi connectivity index (χ4n) is 3.59. The first-order chi connectivity index (χ1) is 9.90. The Labute approximate surface area is 129 Å². The van der Waals surface area contributed by atoms with Crippen LogP contribution in [0, 0.1) is 12.8 Å². The highest BCUT2D eigenvalue weighted by Crippen LogP contribution is 2.27. The summed E-state index contributed by atoms with van der Waals surface area (Å²) in [6, 6.07) is 2.82. The second-order valence-electron chi connectivity index (χ2n) is 6.99. The average molecular weight is 292 g/mol. The van der Waals surface area contributed by atoms with Gasteiger partial charge in [-0.1, -0.05) is 27.7 Å². The van der Waals surface area contributed by atoms with Gasteiger partial charge in [0.2, 0.25) is 0 Å². The van der Waals surface area contributed by atoms with Gasteiger partial charge in [0.05, 0.1) is 11.4 Å². The number of hydrogen-bond acceptors (Lipinski definition) is 3. The number of piperazine rings is 1. The van der Waals surface area contributed by atoms with Crippen LogP contribution >= 0.6 is 0 Å². The Bertz CT molecular complexity index is 459. The highest BCUT2D eigenvalue weighted by molar-refractivity contribution is 5.10. The van der Waals surface area contributed by atoms with Gasteiger partial charge in [-0.25, -0.2) is 0 Å². The van der Waals surface area contributed by atoms with E-state index in [0.717, 1.165) is 25.3 Å². The molecule has 0 aliphatic carbocycles. The van der Waals surface area contributed by atoms with Crippen molar-refractivity contribution in [1.29, 1.82) is 0 Å². The molecule has 0 spiro atoms. The topological polar surface area (TPSA) is 33.1 Å². The Morgan fingerprint density at radius 3 is 2.52 bits per heavy atom. The van der Waals surface area contributed by atoms with Crippen molar-refractivity contribution in [3.05, 3.63) is 17.5 Å². The second kappa shape index (κ2) is 6.49. The molecule has 21 heavy (non-hydrogen) atoms. The van der Waals surface area contributed by atoms with Crippen LogP contribution in [0.5, 0.6) is 0 Å². The summed E-state index contributed by atoms with van der Waals surface area (Å²) >= 11 is 0. The summed E-state index contributed by atoms with van der Waals surface area (Å²) in [5, 5.41) is 8.33. The van der Waals surface area contributed by atoms with E-state index < -0.39 is 0 Å². The Morgan fingerprint density at radius 2 is 2.05 bits per heavy atom. The first kappa shape index (κ1) is 16.5. The minimum atomic E-state index is 0.277. The molecule has 4 heteroatoms. The van der Waals surface area contributed by atoms with Crippen LogP contribution in [0.2, 0.25) is 0 Å². The lowest BCUT2D eigenvalue weighted by atomic mass is 9.86. The zero-order chi connectivity index (χ0) is 15.6. The van der Waals surface area contributed by atoms with Crippen LogP contribution in [0.15, 0.2) is 6.07 Å². The molecule has 0 radical (unpaired) electrons. The van der Waals surface area contributed by atoms with Crippen molar-refractivity contribution in [1.82, 2.24) is 20.0 Å². The predicted molar refractivity (Wildman–Crippen MR) is 88.3 cm³/mol. The molecule has 0 amide bonds. The molecule has 1 unspecified atom stereocenters.